The van der Waals surface area contributed by atoms with Crippen molar-refractivity contribution >= 4 is 29.3 Å². The van der Waals surface area contributed by atoms with Gasteiger partial charge >= 0.3 is 11.7 Å². The fourth-order valence-corrected chi connectivity index (χ4v) is 2.00. The topological polar surface area (TPSA) is 110 Å². The zero-order valence-electron chi connectivity index (χ0n) is 11.0. The molecule has 1 unspecified atom stereocenters. The van der Waals surface area contributed by atoms with Gasteiger partial charge in [-0.05, 0) is 30.6 Å². The Labute approximate surface area is 123 Å². The van der Waals surface area contributed by atoms with E-state index >= 15 is 0 Å². The molecule has 21 heavy (non-hydrogen) atoms. The average molecular weight is 316 g/mol. The van der Waals surface area contributed by atoms with Gasteiger partial charge in [0.05, 0.1) is 4.92 Å². The minimum atomic E-state index is -1.19. The summed E-state index contributed by atoms with van der Waals surface area (Å²) in [6.07, 6.45) is 2.02. The maximum absolute atomic E-state index is 13.4. The van der Waals surface area contributed by atoms with Gasteiger partial charge in [0, 0.05) is 11.6 Å². The summed E-state index contributed by atoms with van der Waals surface area (Å²) >= 11 is 1.43. The summed E-state index contributed by atoms with van der Waals surface area (Å²) in [5.74, 6) is -2.60. The molecule has 1 aromatic carbocycles. The quantitative estimate of drug-likeness (QED) is 0.585. The average Bonchev–Trinajstić information content (AvgIpc) is 2.42. The third-order valence-electron chi connectivity index (χ3n) is 2.62. The van der Waals surface area contributed by atoms with Crippen LogP contribution in [0.5, 0.6) is 0 Å². The van der Waals surface area contributed by atoms with Crippen LogP contribution in [0, 0.1) is 15.9 Å². The molecule has 0 bridgehead atoms. The summed E-state index contributed by atoms with van der Waals surface area (Å²) in [6.45, 7) is 0. The van der Waals surface area contributed by atoms with E-state index in [1.165, 1.54) is 11.8 Å². The predicted octanol–water partition coefficient (Wildman–Crippen LogP) is 1.67. The number of thioether (sulfide) groups is 1. The molecular formula is C12H13FN2O5S. The number of benzene rings is 1. The van der Waals surface area contributed by atoms with Crippen molar-refractivity contribution in [2.24, 2.45) is 0 Å². The Morgan fingerprint density at radius 1 is 1.52 bits per heavy atom. The van der Waals surface area contributed by atoms with E-state index in [2.05, 4.69) is 5.32 Å². The molecular weight excluding hydrogens is 303 g/mol. The van der Waals surface area contributed by atoms with Gasteiger partial charge in [0.15, 0.2) is 0 Å². The number of nitrogens with one attached hydrogen (secondary N) is 1. The molecule has 0 radical (unpaired) electrons. The van der Waals surface area contributed by atoms with E-state index in [-0.39, 0.29) is 12.0 Å². The molecule has 1 amide bonds. The Morgan fingerprint density at radius 2 is 2.19 bits per heavy atom. The van der Waals surface area contributed by atoms with Gasteiger partial charge in [-0.15, -0.1) is 0 Å². The van der Waals surface area contributed by atoms with Gasteiger partial charge < -0.3 is 10.4 Å². The van der Waals surface area contributed by atoms with Crippen LogP contribution in [0.4, 0.5) is 10.1 Å². The maximum atomic E-state index is 13.4. The first-order chi connectivity index (χ1) is 9.86. The summed E-state index contributed by atoms with van der Waals surface area (Å²) < 4.78 is 13.4. The van der Waals surface area contributed by atoms with Gasteiger partial charge in [-0.2, -0.15) is 16.2 Å². The van der Waals surface area contributed by atoms with Gasteiger partial charge in [0.2, 0.25) is 5.82 Å². The van der Waals surface area contributed by atoms with Crippen LogP contribution >= 0.6 is 11.8 Å². The number of carbonyl (C=O) groups excluding carboxylic acids is 1. The van der Waals surface area contributed by atoms with Gasteiger partial charge in [0.25, 0.3) is 5.91 Å². The van der Waals surface area contributed by atoms with E-state index in [9.17, 15) is 24.1 Å². The SMILES string of the molecule is CSCCC(NC(=O)c1ccc([N+](=O)[O-])c(F)c1)C(=O)O. The molecule has 0 aliphatic rings. The first kappa shape index (κ1) is 16.9. The van der Waals surface area contributed by atoms with Crippen molar-refractivity contribution < 1.29 is 24.0 Å². The van der Waals surface area contributed by atoms with Gasteiger partial charge in [-0.3, -0.25) is 14.9 Å². The molecule has 0 aromatic heterocycles. The maximum Gasteiger partial charge on any atom is 0.326 e. The minimum Gasteiger partial charge on any atom is -0.480 e. The van der Waals surface area contributed by atoms with E-state index < -0.39 is 34.3 Å². The van der Waals surface area contributed by atoms with Gasteiger partial charge in [-0.1, -0.05) is 0 Å². The smallest absolute Gasteiger partial charge is 0.326 e. The van der Waals surface area contributed by atoms with E-state index in [4.69, 9.17) is 5.11 Å². The lowest BCUT2D eigenvalue weighted by atomic mass is 10.1. The third-order valence-corrected chi connectivity index (χ3v) is 3.26. The van der Waals surface area contributed by atoms with Crippen LogP contribution in [0.1, 0.15) is 16.8 Å². The van der Waals surface area contributed by atoms with Crippen molar-refractivity contribution in [3.05, 3.63) is 39.7 Å². The van der Waals surface area contributed by atoms with E-state index in [1.54, 1.807) is 6.26 Å². The molecule has 0 aliphatic carbocycles. The molecule has 0 fully saturated rings. The molecule has 114 valence electrons. The van der Waals surface area contributed by atoms with Crippen molar-refractivity contribution in [2.75, 3.05) is 12.0 Å². The molecule has 0 spiro atoms. The van der Waals surface area contributed by atoms with Crippen molar-refractivity contribution in [1.29, 1.82) is 0 Å². The predicted molar refractivity (Wildman–Crippen MR) is 74.9 cm³/mol. The lowest BCUT2D eigenvalue weighted by Crippen LogP contribution is -2.41. The number of carboxylic acids is 1. The number of rotatable bonds is 7. The first-order valence-corrected chi connectivity index (χ1v) is 7.22. The number of halogens is 1. The van der Waals surface area contributed by atoms with Crippen LogP contribution < -0.4 is 5.32 Å². The van der Waals surface area contributed by atoms with E-state index in [0.717, 1.165) is 12.1 Å². The number of hydrogen-bond acceptors (Lipinski definition) is 5. The van der Waals surface area contributed by atoms with Crippen molar-refractivity contribution in [3.8, 4) is 0 Å². The largest absolute Gasteiger partial charge is 0.480 e. The van der Waals surface area contributed by atoms with Crippen molar-refractivity contribution in [3.63, 3.8) is 0 Å². The van der Waals surface area contributed by atoms with Gasteiger partial charge in [0.1, 0.15) is 6.04 Å². The van der Waals surface area contributed by atoms with Crippen LogP contribution in [0.25, 0.3) is 0 Å². The zero-order valence-corrected chi connectivity index (χ0v) is 11.9. The van der Waals surface area contributed by atoms with Crippen molar-refractivity contribution in [2.45, 2.75) is 12.5 Å². The normalized spacial score (nSPS) is 11.7. The molecule has 9 heteroatoms. The fraction of sp³-hybridized carbons (Fsp3) is 0.333. The standard InChI is InChI=1S/C12H13FN2O5S/c1-21-5-4-9(12(17)18)14-11(16)7-2-3-10(15(19)20)8(13)6-7/h2-3,6,9H,4-5H2,1H3,(H,14,16)(H,17,18). The Morgan fingerprint density at radius 3 is 2.67 bits per heavy atom. The van der Waals surface area contributed by atoms with Crippen LogP contribution in [0.2, 0.25) is 0 Å². The second-order valence-corrected chi connectivity index (χ2v) is 5.05. The molecule has 7 nitrogen and oxygen atoms in total. The lowest BCUT2D eigenvalue weighted by Gasteiger charge is -2.13. The van der Waals surface area contributed by atoms with Crippen molar-refractivity contribution in [1.82, 2.24) is 5.32 Å². The highest BCUT2D eigenvalue weighted by Crippen LogP contribution is 2.18. The highest BCUT2D eigenvalue weighted by atomic mass is 32.2. The highest BCUT2D eigenvalue weighted by Gasteiger charge is 2.22. The van der Waals surface area contributed by atoms with E-state index in [1.807, 2.05) is 0 Å². The number of hydrogen-bond donors (Lipinski definition) is 2. The summed E-state index contributed by atoms with van der Waals surface area (Å²) in [5.41, 5.74) is -0.919. The zero-order chi connectivity index (χ0) is 16.0. The molecule has 0 saturated heterocycles. The first-order valence-electron chi connectivity index (χ1n) is 5.83. The number of carboxylic acid groups (broad SMARTS) is 1. The number of carbonyl (C=O) groups is 2. The molecule has 0 heterocycles. The number of nitro groups is 1. The summed E-state index contributed by atoms with van der Waals surface area (Å²) in [6, 6.07) is 1.55. The summed E-state index contributed by atoms with van der Waals surface area (Å²) in [4.78, 5) is 32.4. The number of amides is 1. The number of nitro benzene ring substituents is 1. The molecule has 1 aromatic rings. The van der Waals surface area contributed by atoms with Crippen LogP contribution in [0.15, 0.2) is 18.2 Å². The Hall–Kier alpha value is -2.16. The van der Waals surface area contributed by atoms with Gasteiger partial charge in [-0.25, -0.2) is 4.79 Å². The number of aliphatic carboxylic acids is 1. The Balaban J connectivity index is 2.85. The monoisotopic (exact) mass is 316 g/mol. The molecule has 0 saturated carbocycles. The fourth-order valence-electron chi connectivity index (χ4n) is 1.53. The lowest BCUT2D eigenvalue weighted by molar-refractivity contribution is -0.387. The Kier molecular flexibility index (Phi) is 6.10. The van der Waals surface area contributed by atoms with Crippen LogP contribution in [-0.4, -0.2) is 40.0 Å². The third kappa shape index (κ3) is 4.71. The summed E-state index contributed by atoms with van der Waals surface area (Å²) in [5, 5.41) is 21.7. The molecule has 2 N–H and O–H groups in total. The highest BCUT2D eigenvalue weighted by molar-refractivity contribution is 7.98. The van der Waals surface area contributed by atoms with Crippen LogP contribution in [0.3, 0.4) is 0 Å². The van der Waals surface area contributed by atoms with E-state index in [0.29, 0.717) is 11.8 Å². The number of nitrogens with zero attached hydrogens (tertiary/aromatic N) is 1. The molecule has 1 rings (SSSR count). The second kappa shape index (κ2) is 7.58. The molecule has 1 atom stereocenters. The van der Waals surface area contributed by atoms with Crippen LogP contribution in [-0.2, 0) is 4.79 Å². The minimum absolute atomic E-state index is 0.173. The molecule has 0 aliphatic heterocycles. The summed E-state index contributed by atoms with van der Waals surface area (Å²) in [7, 11) is 0. The second-order valence-electron chi connectivity index (χ2n) is 4.07. The Bertz CT molecular complexity index is 567.